The van der Waals surface area contributed by atoms with Crippen LogP contribution in [0.3, 0.4) is 0 Å². The van der Waals surface area contributed by atoms with Gasteiger partial charge in [-0.15, -0.1) is 11.8 Å². The third kappa shape index (κ3) is 3.16. The first-order valence-electron chi connectivity index (χ1n) is 5.38. The molecule has 3 nitrogen and oxygen atoms in total. The normalized spacial score (nSPS) is 11.5. The van der Waals surface area contributed by atoms with Crippen LogP contribution in [0.5, 0.6) is 5.75 Å². The molecule has 0 aliphatic heterocycles. The molecule has 1 rings (SSSR count). The highest BCUT2D eigenvalue weighted by molar-refractivity contribution is 7.98. The van der Waals surface area contributed by atoms with Crippen molar-refractivity contribution in [1.29, 1.82) is 0 Å². The SMILES string of the molecule is CSc1cc(C)c(O)cc1CC(C)(C)C(=O)O. The molecule has 0 atom stereocenters. The lowest BCUT2D eigenvalue weighted by atomic mass is 9.85. The zero-order valence-corrected chi connectivity index (χ0v) is 11.4. The maximum absolute atomic E-state index is 11.1. The molecule has 0 unspecified atom stereocenters. The molecule has 0 spiro atoms. The van der Waals surface area contributed by atoms with Crippen molar-refractivity contribution in [2.75, 3.05) is 6.26 Å². The number of carboxylic acid groups (broad SMARTS) is 1. The van der Waals surface area contributed by atoms with E-state index >= 15 is 0 Å². The van der Waals surface area contributed by atoms with Crippen molar-refractivity contribution in [2.45, 2.75) is 32.1 Å². The number of rotatable bonds is 4. The summed E-state index contributed by atoms with van der Waals surface area (Å²) in [4.78, 5) is 12.1. The second kappa shape index (κ2) is 5.00. The van der Waals surface area contributed by atoms with E-state index in [1.54, 1.807) is 31.7 Å². The van der Waals surface area contributed by atoms with Crippen molar-refractivity contribution in [3.63, 3.8) is 0 Å². The van der Waals surface area contributed by atoms with Gasteiger partial charge in [-0.1, -0.05) is 0 Å². The number of aliphatic carboxylic acids is 1. The average molecular weight is 254 g/mol. The van der Waals surface area contributed by atoms with Gasteiger partial charge in [0.05, 0.1) is 5.41 Å². The van der Waals surface area contributed by atoms with Crippen LogP contribution in [0.15, 0.2) is 17.0 Å². The highest BCUT2D eigenvalue weighted by Crippen LogP contribution is 2.32. The predicted molar refractivity (Wildman–Crippen MR) is 69.7 cm³/mol. The van der Waals surface area contributed by atoms with E-state index in [0.717, 1.165) is 16.0 Å². The molecule has 0 radical (unpaired) electrons. The number of hydrogen-bond donors (Lipinski definition) is 2. The summed E-state index contributed by atoms with van der Waals surface area (Å²) < 4.78 is 0. The monoisotopic (exact) mass is 254 g/mol. The Hall–Kier alpha value is -1.16. The van der Waals surface area contributed by atoms with E-state index in [-0.39, 0.29) is 5.75 Å². The summed E-state index contributed by atoms with van der Waals surface area (Å²) in [6.07, 6.45) is 2.36. The van der Waals surface area contributed by atoms with Crippen LogP contribution in [0.25, 0.3) is 0 Å². The lowest BCUT2D eigenvalue weighted by Gasteiger charge is -2.21. The summed E-state index contributed by atoms with van der Waals surface area (Å²) in [5.74, 6) is -0.608. The Morgan fingerprint density at radius 3 is 2.47 bits per heavy atom. The fraction of sp³-hybridized carbons (Fsp3) is 0.462. The smallest absolute Gasteiger partial charge is 0.309 e. The standard InChI is InChI=1S/C13H18O3S/c1-8-5-11(17-4)9(6-10(8)14)7-13(2,3)12(15)16/h5-6,14H,7H2,1-4H3,(H,15,16). The Labute approximate surface area is 106 Å². The van der Waals surface area contributed by atoms with Gasteiger partial charge in [0.2, 0.25) is 0 Å². The third-order valence-corrected chi connectivity index (χ3v) is 3.63. The molecule has 94 valence electrons. The summed E-state index contributed by atoms with van der Waals surface area (Å²) in [7, 11) is 0. The van der Waals surface area contributed by atoms with Gasteiger partial charge in [-0.2, -0.15) is 0 Å². The number of carboxylic acids is 1. The maximum atomic E-state index is 11.1. The first-order chi connectivity index (χ1) is 7.77. The van der Waals surface area contributed by atoms with Crippen molar-refractivity contribution in [1.82, 2.24) is 0 Å². The van der Waals surface area contributed by atoms with Crippen molar-refractivity contribution in [3.05, 3.63) is 23.3 Å². The Kier molecular flexibility index (Phi) is 4.09. The van der Waals surface area contributed by atoms with Crippen LogP contribution < -0.4 is 0 Å². The number of phenolic OH excluding ortho intramolecular Hbond substituents is 1. The Balaban J connectivity index is 3.14. The largest absolute Gasteiger partial charge is 0.508 e. The average Bonchev–Trinajstić information content (AvgIpc) is 2.22. The lowest BCUT2D eigenvalue weighted by Crippen LogP contribution is -2.26. The van der Waals surface area contributed by atoms with Crippen LogP contribution in [0.2, 0.25) is 0 Å². The van der Waals surface area contributed by atoms with E-state index in [4.69, 9.17) is 5.11 Å². The summed E-state index contributed by atoms with van der Waals surface area (Å²) >= 11 is 1.57. The highest BCUT2D eigenvalue weighted by Gasteiger charge is 2.28. The fourth-order valence-corrected chi connectivity index (χ4v) is 2.28. The predicted octanol–water partition coefficient (Wildman–Crippen LogP) is 3.08. The van der Waals surface area contributed by atoms with Crippen LogP contribution in [0.4, 0.5) is 0 Å². The number of aromatic hydroxyl groups is 1. The minimum Gasteiger partial charge on any atom is -0.508 e. The Bertz CT molecular complexity index is 439. The molecule has 0 fully saturated rings. The molecule has 0 saturated carbocycles. The van der Waals surface area contributed by atoms with Gasteiger partial charge in [0.25, 0.3) is 0 Å². The van der Waals surface area contributed by atoms with Gasteiger partial charge < -0.3 is 10.2 Å². The minimum absolute atomic E-state index is 0.221. The number of thioether (sulfide) groups is 1. The third-order valence-electron chi connectivity index (χ3n) is 2.81. The van der Waals surface area contributed by atoms with Crippen molar-refractivity contribution in [2.24, 2.45) is 5.41 Å². The molecule has 0 aliphatic carbocycles. The van der Waals surface area contributed by atoms with Crippen LogP contribution >= 0.6 is 11.8 Å². The summed E-state index contributed by atoms with van der Waals surface area (Å²) in [6.45, 7) is 5.22. The summed E-state index contributed by atoms with van der Waals surface area (Å²) in [5, 5.41) is 18.8. The van der Waals surface area contributed by atoms with Crippen molar-refractivity contribution in [3.8, 4) is 5.75 Å². The van der Waals surface area contributed by atoms with Crippen molar-refractivity contribution < 1.29 is 15.0 Å². The maximum Gasteiger partial charge on any atom is 0.309 e. The molecule has 2 N–H and O–H groups in total. The quantitative estimate of drug-likeness (QED) is 0.811. The topological polar surface area (TPSA) is 57.5 Å². The number of phenols is 1. The van der Waals surface area contributed by atoms with E-state index in [2.05, 4.69) is 0 Å². The Morgan fingerprint density at radius 2 is 2.00 bits per heavy atom. The van der Waals surface area contributed by atoms with Gasteiger partial charge in [-0.3, -0.25) is 4.79 Å². The van der Waals surface area contributed by atoms with E-state index < -0.39 is 11.4 Å². The molecule has 0 aromatic heterocycles. The van der Waals surface area contributed by atoms with Crippen LogP contribution in [0, 0.1) is 12.3 Å². The molecule has 1 aromatic rings. The molecule has 0 saturated heterocycles. The molecule has 0 bridgehead atoms. The molecular formula is C13H18O3S. The molecule has 17 heavy (non-hydrogen) atoms. The number of carbonyl (C=O) groups is 1. The highest BCUT2D eigenvalue weighted by atomic mass is 32.2. The number of aryl methyl sites for hydroxylation is 1. The van der Waals surface area contributed by atoms with Gasteiger partial charge in [-0.05, 0) is 56.7 Å². The second-order valence-electron chi connectivity index (χ2n) is 4.82. The van der Waals surface area contributed by atoms with Gasteiger partial charge in [-0.25, -0.2) is 0 Å². The lowest BCUT2D eigenvalue weighted by molar-refractivity contribution is -0.146. The molecule has 1 aromatic carbocycles. The van der Waals surface area contributed by atoms with Crippen LogP contribution in [-0.4, -0.2) is 22.4 Å². The van der Waals surface area contributed by atoms with E-state index in [1.165, 1.54) is 0 Å². The van der Waals surface area contributed by atoms with Crippen LogP contribution in [0.1, 0.15) is 25.0 Å². The molecule has 0 heterocycles. The first-order valence-corrected chi connectivity index (χ1v) is 6.60. The zero-order chi connectivity index (χ0) is 13.2. The van der Waals surface area contributed by atoms with E-state index in [1.807, 2.05) is 19.2 Å². The summed E-state index contributed by atoms with van der Waals surface area (Å²) in [5.41, 5.74) is 0.867. The first kappa shape index (κ1) is 13.9. The Morgan fingerprint density at radius 1 is 1.41 bits per heavy atom. The van der Waals surface area contributed by atoms with E-state index in [0.29, 0.717) is 6.42 Å². The molecular weight excluding hydrogens is 236 g/mol. The van der Waals surface area contributed by atoms with Gasteiger partial charge in [0, 0.05) is 4.90 Å². The fourth-order valence-electron chi connectivity index (χ4n) is 1.59. The van der Waals surface area contributed by atoms with Crippen molar-refractivity contribution >= 4 is 17.7 Å². The second-order valence-corrected chi connectivity index (χ2v) is 5.66. The van der Waals surface area contributed by atoms with Gasteiger partial charge >= 0.3 is 5.97 Å². The zero-order valence-electron chi connectivity index (χ0n) is 10.6. The van der Waals surface area contributed by atoms with Gasteiger partial charge in [0.1, 0.15) is 5.75 Å². The molecule has 4 heteroatoms. The van der Waals surface area contributed by atoms with Crippen LogP contribution in [-0.2, 0) is 11.2 Å². The number of benzene rings is 1. The van der Waals surface area contributed by atoms with Gasteiger partial charge in [0.15, 0.2) is 0 Å². The van der Waals surface area contributed by atoms with E-state index in [9.17, 15) is 9.90 Å². The molecule has 0 aliphatic rings. The summed E-state index contributed by atoms with van der Waals surface area (Å²) in [6, 6.07) is 3.57. The molecule has 0 amide bonds. The minimum atomic E-state index is -0.829. The number of hydrogen-bond acceptors (Lipinski definition) is 3.